The van der Waals surface area contributed by atoms with Crippen LogP contribution in [-0.4, -0.2) is 52.0 Å². The second kappa shape index (κ2) is 17.9. The number of pyridine rings is 1. The third-order valence-electron chi connectivity index (χ3n) is 9.95. The summed E-state index contributed by atoms with van der Waals surface area (Å²) in [6, 6.07) is 14.8. The number of ether oxygens (including phenoxy) is 2. The fourth-order valence-electron chi connectivity index (χ4n) is 7.55. The molecule has 0 bridgehead atoms. The van der Waals surface area contributed by atoms with Crippen molar-refractivity contribution in [3.8, 4) is 0 Å². The molecule has 2 heterocycles. The number of aryl methyl sites for hydroxylation is 1. The summed E-state index contributed by atoms with van der Waals surface area (Å²) in [6.45, 7) is 25.5. The van der Waals surface area contributed by atoms with E-state index < -0.39 is 17.3 Å². The highest BCUT2D eigenvalue weighted by atomic mass is 16.6. The minimum Gasteiger partial charge on any atom is -0.444 e. The van der Waals surface area contributed by atoms with Gasteiger partial charge in [0.25, 0.3) is 5.56 Å². The lowest BCUT2D eigenvalue weighted by Gasteiger charge is -2.40. The van der Waals surface area contributed by atoms with Crippen LogP contribution in [-0.2, 0) is 20.7 Å². The molecule has 6 rings (SSSR count). The second-order valence-electron chi connectivity index (χ2n) is 16.4. The molecule has 0 radical (unpaired) electrons. The standard InChI is InChI=1S/C21H27N3O3.C21H25N3O3.CH4/c2*1-21(2,3)27-20(26)23-15-8-10-17(11-9-15)24-18-13-16(22-4)7-5-14(18)6-12-19(24)25;/h5,7,13,15,17H,6,8-12H2,1-3H3,(H,23,26);5-7,12-13,15,17H,8-11H2,1-3H3,(H,23,26);1H4. The molecule has 0 unspecified atom stereocenters. The molecule has 55 heavy (non-hydrogen) atoms. The van der Waals surface area contributed by atoms with Gasteiger partial charge in [-0.1, -0.05) is 31.7 Å². The molecule has 1 aromatic heterocycles. The molecule has 2 aromatic carbocycles. The Balaban J connectivity index is 0.000000240. The number of hydrogen-bond acceptors (Lipinski definition) is 6. The molecule has 2 aliphatic carbocycles. The number of rotatable bonds is 4. The summed E-state index contributed by atoms with van der Waals surface area (Å²) in [5, 5.41) is 6.83. The first-order chi connectivity index (χ1) is 25.5. The maximum Gasteiger partial charge on any atom is 0.407 e. The highest BCUT2D eigenvalue weighted by Gasteiger charge is 2.34. The molecule has 2 fully saturated rings. The first kappa shape index (κ1) is 42.4. The number of benzene rings is 2. The number of hydrogen-bond donors (Lipinski definition) is 2. The van der Waals surface area contributed by atoms with E-state index in [2.05, 4.69) is 20.3 Å². The number of carbonyl (C=O) groups is 3. The first-order valence-corrected chi connectivity index (χ1v) is 18.9. The molecular formula is C43H56N6O6. The van der Waals surface area contributed by atoms with E-state index in [0.717, 1.165) is 79.9 Å². The zero-order valence-corrected chi connectivity index (χ0v) is 32.2. The highest BCUT2D eigenvalue weighted by molar-refractivity contribution is 5.97. The zero-order chi connectivity index (χ0) is 39.2. The zero-order valence-electron chi connectivity index (χ0n) is 32.2. The van der Waals surface area contributed by atoms with Crippen molar-refractivity contribution in [3.63, 3.8) is 0 Å². The summed E-state index contributed by atoms with van der Waals surface area (Å²) in [7, 11) is 0. The van der Waals surface area contributed by atoms with Gasteiger partial charge >= 0.3 is 12.2 Å². The van der Waals surface area contributed by atoms with Crippen molar-refractivity contribution in [2.24, 2.45) is 0 Å². The van der Waals surface area contributed by atoms with Crippen LogP contribution in [0, 0.1) is 13.1 Å². The van der Waals surface area contributed by atoms with Crippen LogP contribution in [0.15, 0.2) is 53.3 Å². The van der Waals surface area contributed by atoms with Gasteiger partial charge in [0, 0.05) is 47.9 Å². The van der Waals surface area contributed by atoms with Crippen LogP contribution in [0.4, 0.5) is 26.7 Å². The monoisotopic (exact) mass is 752 g/mol. The van der Waals surface area contributed by atoms with Crippen molar-refractivity contribution in [1.82, 2.24) is 15.2 Å². The average Bonchev–Trinajstić information content (AvgIpc) is 3.10. The number of alkyl carbamates (subject to hydrolysis) is 2. The Hall–Kier alpha value is -5.36. The molecule has 3 aromatic rings. The quantitative estimate of drug-likeness (QED) is 0.256. The van der Waals surface area contributed by atoms with Gasteiger partial charge in [0.15, 0.2) is 11.4 Å². The largest absolute Gasteiger partial charge is 0.444 e. The van der Waals surface area contributed by atoms with E-state index >= 15 is 0 Å². The minimum absolute atomic E-state index is 0. The third kappa shape index (κ3) is 11.3. The van der Waals surface area contributed by atoms with E-state index in [1.807, 2.05) is 75.3 Å². The van der Waals surface area contributed by atoms with E-state index in [4.69, 9.17) is 22.6 Å². The second-order valence-corrected chi connectivity index (χ2v) is 16.4. The van der Waals surface area contributed by atoms with E-state index in [-0.39, 0.29) is 49.2 Å². The molecule has 0 atom stereocenters. The summed E-state index contributed by atoms with van der Waals surface area (Å²) in [6.07, 6.45) is 6.91. The van der Waals surface area contributed by atoms with Crippen molar-refractivity contribution in [1.29, 1.82) is 0 Å². The van der Waals surface area contributed by atoms with Crippen molar-refractivity contribution in [2.45, 2.75) is 149 Å². The lowest BCUT2D eigenvalue weighted by molar-refractivity contribution is -0.119. The van der Waals surface area contributed by atoms with Gasteiger partial charge in [0.1, 0.15) is 11.2 Å². The van der Waals surface area contributed by atoms with E-state index in [1.165, 1.54) is 0 Å². The van der Waals surface area contributed by atoms with E-state index in [1.54, 1.807) is 24.3 Å². The molecule has 12 heteroatoms. The van der Waals surface area contributed by atoms with Gasteiger partial charge in [0.2, 0.25) is 5.91 Å². The van der Waals surface area contributed by atoms with Gasteiger partial charge in [-0.2, -0.15) is 0 Å². The summed E-state index contributed by atoms with van der Waals surface area (Å²) in [4.78, 5) is 58.0. The Bertz CT molecular complexity index is 2000. The summed E-state index contributed by atoms with van der Waals surface area (Å²) >= 11 is 0. The maximum atomic E-state index is 12.6. The topological polar surface area (TPSA) is 128 Å². The van der Waals surface area contributed by atoms with Crippen molar-refractivity contribution >= 4 is 46.1 Å². The van der Waals surface area contributed by atoms with Gasteiger partial charge in [0.05, 0.1) is 13.1 Å². The number of nitrogens with zero attached hydrogens (tertiary/aromatic N) is 4. The number of carbonyl (C=O) groups excluding carboxylic acids is 3. The maximum absolute atomic E-state index is 12.6. The molecule has 2 saturated carbocycles. The van der Waals surface area contributed by atoms with Crippen molar-refractivity contribution < 1.29 is 23.9 Å². The highest BCUT2D eigenvalue weighted by Crippen LogP contribution is 2.37. The number of nitrogens with one attached hydrogen (secondary N) is 2. The molecule has 3 amide bonds. The van der Waals surface area contributed by atoms with Crippen molar-refractivity contribution in [3.05, 3.63) is 87.3 Å². The van der Waals surface area contributed by atoms with Crippen LogP contribution in [0.2, 0.25) is 0 Å². The number of fused-ring (bicyclic) bond motifs is 2. The van der Waals surface area contributed by atoms with Gasteiger partial charge in [-0.25, -0.2) is 19.3 Å². The van der Waals surface area contributed by atoms with Crippen LogP contribution < -0.4 is 21.1 Å². The van der Waals surface area contributed by atoms with E-state index in [9.17, 15) is 19.2 Å². The molecular weight excluding hydrogens is 697 g/mol. The predicted molar refractivity (Wildman–Crippen MR) is 216 cm³/mol. The summed E-state index contributed by atoms with van der Waals surface area (Å²) in [5.74, 6) is 0.133. The smallest absolute Gasteiger partial charge is 0.407 e. The fraction of sp³-hybridized carbons (Fsp3) is 0.535. The summed E-state index contributed by atoms with van der Waals surface area (Å²) < 4.78 is 12.5. The SMILES string of the molecule is C.[C-]#[N+]c1ccc2c(c1)N(C1CCC(NC(=O)OC(C)(C)C)CC1)C(=O)CC2.[C-]#[N+]c1ccc2ccc(=O)n(C3CCC(NC(=O)OC(C)(C)C)CC3)c2c1. The van der Waals surface area contributed by atoms with Crippen LogP contribution in [0.25, 0.3) is 20.6 Å². The molecule has 1 aliphatic heterocycles. The lowest BCUT2D eigenvalue weighted by Crippen LogP contribution is -2.48. The van der Waals surface area contributed by atoms with Crippen LogP contribution in [0.1, 0.15) is 118 Å². The molecule has 0 spiro atoms. The van der Waals surface area contributed by atoms with Crippen molar-refractivity contribution in [2.75, 3.05) is 4.90 Å². The fourth-order valence-corrected chi connectivity index (χ4v) is 7.55. The predicted octanol–water partition coefficient (Wildman–Crippen LogP) is 9.55. The Morgan fingerprint density at radius 2 is 1.18 bits per heavy atom. The normalized spacial score (nSPS) is 20.9. The Morgan fingerprint density at radius 1 is 0.691 bits per heavy atom. The number of aromatic nitrogens is 1. The van der Waals surface area contributed by atoms with Crippen LogP contribution in [0.3, 0.4) is 0 Å². The van der Waals surface area contributed by atoms with Gasteiger partial charge in [-0.15, -0.1) is 0 Å². The molecule has 3 aliphatic rings. The van der Waals surface area contributed by atoms with E-state index in [0.29, 0.717) is 17.8 Å². The molecule has 12 nitrogen and oxygen atoms in total. The van der Waals surface area contributed by atoms with Gasteiger partial charge in [-0.3, -0.25) is 9.59 Å². The average molecular weight is 753 g/mol. The molecule has 2 N–H and O–H groups in total. The lowest BCUT2D eigenvalue weighted by atomic mass is 9.88. The Morgan fingerprint density at radius 3 is 1.71 bits per heavy atom. The van der Waals surface area contributed by atoms with Gasteiger partial charge < -0.3 is 29.6 Å². The number of anilines is 1. The van der Waals surface area contributed by atoms with Crippen LogP contribution in [0.5, 0.6) is 0 Å². The summed E-state index contributed by atoms with van der Waals surface area (Å²) in [5.41, 5.74) is 2.85. The number of amides is 3. The Labute approximate surface area is 325 Å². The van der Waals surface area contributed by atoms with Crippen LogP contribution >= 0.6 is 0 Å². The third-order valence-corrected chi connectivity index (χ3v) is 9.95. The molecule has 0 saturated heterocycles. The molecule has 294 valence electrons. The Kier molecular flexibility index (Phi) is 13.8. The van der Waals surface area contributed by atoms with Gasteiger partial charge in [-0.05, 0) is 128 Å². The minimum atomic E-state index is -0.516. The first-order valence-electron chi connectivity index (χ1n) is 18.9.